The van der Waals surface area contributed by atoms with E-state index < -0.39 is 0 Å². The van der Waals surface area contributed by atoms with E-state index in [0.717, 1.165) is 16.3 Å². The molecule has 3 rings (SSSR count). The third kappa shape index (κ3) is 2.13. The minimum Gasteiger partial charge on any atom is -0.378 e. The fraction of sp³-hybridized carbons (Fsp3) is 0.133. The van der Waals surface area contributed by atoms with Gasteiger partial charge in [-0.25, -0.2) is 4.99 Å². The second kappa shape index (κ2) is 4.58. The zero-order valence-corrected chi connectivity index (χ0v) is 12.0. The Balaban J connectivity index is 2.24. The van der Waals surface area contributed by atoms with Crippen molar-refractivity contribution in [2.75, 3.05) is 0 Å². The largest absolute Gasteiger partial charge is 0.378 e. The number of hydrogen-bond acceptors (Lipinski definition) is 3. The van der Waals surface area contributed by atoms with Gasteiger partial charge < -0.3 is 5.73 Å². The average Bonchev–Trinajstić information content (AvgIpc) is 2.41. The lowest BCUT2D eigenvalue weighted by Crippen LogP contribution is -2.27. The second-order valence-electron chi connectivity index (χ2n) is 4.61. The molecule has 19 heavy (non-hydrogen) atoms. The molecule has 0 spiro atoms. The molecule has 0 fully saturated rings. The van der Waals surface area contributed by atoms with Gasteiger partial charge in [-0.3, -0.25) is 0 Å². The van der Waals surface area contributed by atoms with Crippen molar-refractivity contribution in [3.8, 4) is 0 Å². The van der Waals surface area contributed by atoms with Gasteiger partial charge in [-0.1, -0.05) is 53.7 Å². The standard InChI is InChI=1S/C15H13ClN2S/c1-15(10-5-3-2-4-6-10)12-9-11(16)7-8-13(12)18-14(17)19-15/h2-9H,1H3,(H2,17,18). The monoisotopic (exact) mass is 288 g/mol. The van der Waals surface area contributed by atoms with Gasteiger partial charge in [-0.05, 0) is 30.7 Å². The number of thioether (sulfide) groups is 1. The van der Waals surface area contributed by atoms with Crippen molar-refractivity contribution in [3.05, 3.63) is 64.7 Å². The quantitative estimate of drug-likeness (QED) is 0.850. The summed E-state index contributed by atoms with van der Waals surface area (Å²) in [6, 6.07) is 16.0. The lowest BCUT2D eigenvalue weighted by Gasteiger charge is -2.33. The van der Waals surface area contributed by atoms with E-state index in [-0.39, 0.29) is 4.75 Å². The molecular formula is C15H13ClN2S. The summed E-state index contributed by atoms with van der Waals surface area (Å²) in [6.45, 7) is 2.16. The number of halogens is 1. The van der Waals surface area contributed by atoms with Gasteiger partial charge in [0.1, 0.15) is 0 Å². The number of aliphatic imine (C=N–C) groups is 1. The first-order valence-electron chi connectivity index (χ1n) is 5.98. The van der Waals surface area contributed by atoms with Crippen LogP contribution in [-0.2, 0) is 4.75 Å². The maximum atomic E-state index is 6.14. The van der Waals surface area contributed by atoms with Crippen LogP contribution in [0.3, 0.4) is 0 Å². The minimum absolute atomic E-state index is 0.257. The Hall–Kier alpha value is -1.45. The number of amidine groups is 1. The third-order valence-corrected chi connectivity index (χ3v) is 4.74. The number of benzene rings is 2. The summed E-state index contributed by atoms with van der Waals surface area (Å²) in [5.74, 6) is 0. The van der Waals surface area contributed by atoms with Crippen LogP contribution in [0.25, 0.3) is 0 Å². The summed E-state index contributed by atoms with van der Waals surface area (Å²) in [6.07, 6.45) is 0. The molecule has 96 valence electrons. The van der Waals surface area contributed by atoms with Crippen LogP contribution in [0.4, 0.5) is 5.69 Å². The van der Waals surface area contributed by atoms with Crippen molar-refractivity contribution in [2.45, 2.75) is 11.7 Å². The van der Waals surface area contributed by atoms with Crippen LogP contribution < -0.4 is 5.73 Å². The van der Waals surface area contributed by atoms with Crippen molar-refractivity contribution in [3.63, 3.8) is 0 Å². The fourth-order valence-electron chi connectivity index (χ4n) is 2.36. The molecule has 1 aliphatic heterocycles. The Bertz CT molecular complexity index is 654. The van der Waals surface area contributed by atoms with Gasteiger partial charge in [0.05, 0.1) is 10.4 Å². The van der Waals surface area contributed by atoms with Crippen molar-refractivity contribution in [1.29, 1.82) is 0 Å². The molecule has 4 heteroatoms. The molecule has 2 nitrogen and oxygen atoms in total. The van der Waals surface area contributed by atoms with Gasteiger partial charge in [-0.2, -0.15) is 0 Å². The van der Waals surface area contributed by atoms with Crippen molar-refractivity contribution >= 4 is 34.2 Å². The maximum Gasteiger partial charge on any atom is 0.160 e. The summed E-state index contributed by atoms with van der Waals surface area (Å²) < 4.78 is -0.257. The Morgan fingerprint density at radius 2 is 1.89 bits per heavy atom. The number of rotatable bonds is 1. The Morgan fingerprint density at radius 1 is 1.16 bits per heavy atom. The highest BCUT2D eigenvalue weighted by atomic mass is 35.5. The maximum absolute atomic E-state index is 6.14. The zero-order chi connectivity index (χ0) is 13.5. The van der Waals surface area contributed by atoms with E-state index in [1.54, 1.807) is 11.8 Å². The van der Waals surface area contributed by atoms with Gasteiger partial charge in [0, 0.05) is 10.6 Å². The first-order valence-corrected chi connectivity index (χ1v) is 7.18. The van der Waals surface area contributed by atoms with Crippen molar-refractivity contribution in [2.24, 2.45) is 10.7 Å². The predicted molar refractivity (Wildman–Crippen MR) is 83.2 cm³/mol. The van der Waals surface area contributed by atoms with E-state index in [1.807, 2.05) is 36.4 Å². The van der Waals surface area contributed by atoms with E-state index >= 15 is 0 Å². The number of nitrogens with two attached hydrogens (primary N) is 1. The second-order valence-corrected chi connectivity index (χ2v) is 6.49. The molecule has 0 aromatic heterocycles. The summed E-state index contributed by atoms with van der Waals surface area (Å²) in [4.78, 5) is 4.41. The molecule has 1 unspecified atom stereocenters. The number of hydrogen-bond donors (Lipinski definition) is 1. The van der Waals surface area contributed by atoms with Gasteiger partial charge >= 0.3 is 0 Å². The molecule has 1 heterocycles. The van der Waals surface area contributed by atoms with Crippen LogP contribution in [0.1, 0.15) is 18.1 Å². The fourth-order valence-corrected chi connectivity index (χ4v) is 3.63. The molecule has 0 bridgehead atoms. The van der Waals surface area contributed by atoms with E-state index in [2.05, 4.69) is 24.0 Å². The van der Waals surface area contributed by atoms with Gasteiger partial charge in [0.15, 0.2) is 5.17 Å². The van der Waals surface area contributed by atoms with Crippen LogP contribution in [-0.4, -0.2) is 5.17 Å². The molecule has 0 saturated heterocycles. The highest BCUT2D eigenvalue weighted by Crippen LogP contribution is 2.49. The molecule has 2 N–H and O–H groups in total. The van der Waals surface area contributed by atoms with E-state index in [9.17, 15) is 0 Å². The first kappa shape index (κ1) is 12.6. The molecule has 0 radical (unpaired) electrons. The number of nitrogens with zero attached hydrogens (tertiary/aromatic N) is 1. The van der Waals surface area contributed by atoms with Crippen LogP contribution in [0.2, 0.25) is 5.02 Å². The minimum atomic E-state index is -0.257. The Kier molecular flexibility index (Phi) is 3.03. The van der Waals surface area contributed by atoms with E-state index in [4.69, 9.17) is 17.3 Å². The first-order chi connectivity index (χ1) is 9.09. The van der Waals surface area contributed by atoms with Gasteiger partial charge in [0.2, 0.25) is 0 Å². The highest BCUT2D eigenvalue weighted by Gasteiger charge is 2.36. The molecule has 0 saturated carbocycles. The lowest BCUT2D eigenvalue weighted by molar-refractivity contribution is 0.841. The normalized spacial score (nSPS) is 21.7. The summed E-state index contributed by atoms with van der Waals surface area (Å²) in [7, 11) is 0. The molecule has 1 aliphatic rings. The van der Waals surface area contributed by atoms with E-state index in [0.29, 0.717) is 5.17 Å². The van der Waals surface area contributed by atoms with E-state index in [1.165, 1.54) is 5.56 Å². The van der Waals surface area contributed by atoms with Gasteiger partial charge in [0.25, 0.3) is 0 Å². The van der Waals surface area contributed by atoms with Crippen LogP contribution in [0, 0.1) is 0 Å². The molecule has 0 amide bonds. The molecule has 0 aliphatic carbocycles. The topological polar surface area (TPSA) is 38.4 Å². The van der Waals surface area contributed by atoms with Crippen LogP contribution >= 0.6 is 23.4 Å². The number of fused-ring (bicyclic) bond motifs is 1. The van der Waals surface area contributed by atoms with Crippen molar-refractivity contribution < 1.29 is 0 Å². The molecular weight excluding hydrogens is 276 g/mol. The third-order valence-electron chi connectivity index (χ3n) is 3.34. The van der Waals surface area contributed by atoms with Gasteiger partial charge in [-0.15, -0.1) is 0 Å². The Labute approximate surface area is 121 Å². The predicted octanol–water partition coefficient (Wildman–Crippen LogP) is 4.30. The SMILES string of the molecule is CC1(c2ccccc2)SC(N)=Nc2ccc(Cl)cc21. The average molecular weight is 289 g/mol. The zero-order valence-electron chi connectivity index (χ0n) is 10.4. The van der Waals surface area contributed by atoms with Crippen LogP contribution in [0.5, 0.6) is 0 Å². The lowest BCUT2D eigenvalue weighted by atomic mass is 9.90. The molecule has 2 aromatic rings. The Morgan fingerprint density at radius 3 is 2.63 bits per heavy atom. The highest BCUT2D eigenvalue weighted by molar-refractivity contribution is 8.14. The molecule has 2 aromatic carbocycles. The molecule has 1 atom stereocenters. The summed E-state index contributed by atoms with van der Waals surface area (Å²) in [5.41, 5.74) is 9.17. The summed E-state index contributed by atoms with van der Waals surface area (Å²) >= 11 is 7.70. The summed E-state index contributed by atoms with van der Waals surface area (Å²) in [5, 5.41) is 1.30. The van der Waals surface area contributed by atoms with Crippen LogP contribution in [0.15, 0.2) is 53.5 Å². The van der Waals surface area contributed by atoms with Crippen molar-refractivity contribution in [1.82, 2.24) is 0 Å². The smallest absolute Gasteiger partial charge is 0.160 e.